The second-order valence-electron chi connectivity index (χ2n) is 5.24. The fourth-order valence-electron chi connectivity index (χ4n) is 2.67. The van der Waals surface area contributed by atoms with Gasteiger partial charge in [0.15, 0.2) is 0 Å². The van der Waals surface area contributed by atoms with Gasteiger partial charge in [-0.25, -0.2) is 4.98 Å². The molecule has 1 atom stereocenters. The first-order valence-corrected chi connectivity index (χ1v) is 6.62. The number of piperazine rings is 1. The van der Waals surface area contributed by atoms with Crippen LogP contribution in [0.2, 0.25) is 0 Å². The molecule has 2 N–H and O–H groups in total. The molecule has 0 amide bonds. The molecule has 4 nitrogen and oxygen atoms in total. The van der Waals surface area contributed by atoms with Crippen molar-refractivity contribution in [3.63, 3.8) is 0 Å². The van der Waals surface area contributed by atoms with Gasteiger partial charge in [-0.05, 0) is 25.5 Å². The van der Waals surface area contributed by atoms with Crippen molar-refractivity contribution in [3.8, 4) is 0 Å². The molecule has 1 aromatic carbocycles. The molecule has 2 heterocycles. The Kier molecular flexibility index (Phi) is 3.06. The van der Waals surface area contributed by atoms with Gasteiger partial charge < -0.3 is 10.3 Å². The van der Waals surface area contributed by atoms with Crippen LogP contribution in [-0.4, -0.2) is 40.5 Å². The highest BCUT2D eigenvalue weighted by molar-refractivity contribution is 5.78. The SMILES string of the molecule is Cc1cccc2[nH]c(CN3CCNC(C)C3)nc12. The normalized spacial score (nSPS) is 21.6. The Balaban J connectivity index is 1.80. The van der Waals surface area contributed by atoms with Gasteiger partial charge in [-0.2, -0.15) is 0 Å². The van der Waals surface area contributed by atoms with Crippen LogP contribution in [0.25, 0.3) is 11.0 Å². The van der Waals surface area contributed by atoms with Crippen molar-refractivity contribution in [2.24, 2.45) is 0 Å². The van der Waals surface area contributed by atoms with Crippen LogP contribution in [0.15, 0.2) is 18.2 Å². The van der Waals surface area contributed by atoms with Gasteiger partial charge in [0.05, 0.1) is 17.6 Å². The first-order valence-electron chi connectivity index (χ1n) is 6.62. The van der Waals surface area contributed by atoms with Gasteiger partial charge in [0.2, 0.25) is 0 Å². The van der Waals surface area contributed by atoms with Crippen molar-refractivity contribution in [1.82, 2.24) is 20.2 Å². The minimum Gasteiger partial charge on any atom is -0.341 e. The summed E-state index contributed by atoms with van der Waals surface area (Å²) in [5.41, 5.74) is 3.49. The van der Waals surface area contributed by atoms with Crippen LogP contribution in [0.3, 0.4) is 0 Å². The van der Waals surface area contributed by atoms with Crippen LogP contribution in [0, 0.1) is 6.92 Å². The highest BCUT2D eigenvalue weighted by Gasteiger charge is 2.17. The van der Waals surface area contributed by atoms with Gasteiger partial charge in [0.1, 0.15) is 5.82 Å². The highest BCUT2D eigenvalue weighted by atomic mass is 15.2. The molecule has 0 aliphatic carbocycles. The molecule has 1 unspecified atom stereocenters. The summed E-state index contributed by atoms with van der Waals surface area (Å²) in [6.07, 6.45) is 0. The Morgan fingerprint density at radius 3 is 3.11 bits per heavy atom. The van der Waals surface area contributed by atoms with E-state index < -0.39 is 0 Å². The summed E-state index contributed by atoms with van der Waals surface area (Å²) in [7, 11) is 0. The third kappa shape index (κ3) is 2.26. The quantitative estimate of drug-likeness (QED) is 0.844. The van der Waals surface area contributed by atoms with E-state index in [-0.39, 0.29) is 0 Å². The summed E-state index contributed by atoms with van der Waals surface area (Å²) < 4.78 is 0. The van der Waals surface area contributed by atoms with Crippen LogP contribution in [0.5, 0.6) is 0 Å². The summed E-state index contributed by atoms with van der Waals surface area (Å²) >= 11 is 0. The third-order valence-electron chi connectivity index (χ3n) is 3.59. The van der Waals surface area contributed by atoms with Gasteiger partial charge in [-0.15, -0.1) is 0 Å². The smallest absolute Gasteiger partial charge is 0.121 e. The Hall–Kier alpha value is -1.39. The van der Waals surface area contributed by atoms with Crippen molar-refractivity contribution in [2.45, 2.75) is 26.4 Å². The van der Waals surface area contributed by atoms with Crippen LogP contribution < -0.4 is 5.32 Å². The first-order chi connectivity index (χ1) is 8.72. The van der Waals surface area contributed by atoms with E-state index in [1.165, 1.54) is 5.56 Å². The number of hydrogen-bond donors (Lipinski definition) is 2. The largest absolute Gasteiger partial charge is 0.341 e. The molecule has 18 heavy (non-hydrogen) atoms. The summed E-state index contributed by atoms with van der Waals surface area (Å²) in [6, 6.07) is 6.86. The molecule has 0 bridgehead atoms. The summed E-state index contributed by atoms with van der Waals surface area (Å²) in [6.45, 7) is 8.52. The fourth-order valence-corrected chi connectivity index (χ4v) is 2.67. The molecule has 96 valence electrons. The van der Waals surface area contributed by atoms with E-state index >= 15 is 0 Å². The summed E-state index contributed by atoms with van der Waals surface area (Å²) in [4.78, 5) is 10.6. The van der Waals surface area contributed by atoms with E-state index in [2.05, 4.69) is 47.2 Å². The zero-order valence-corrected chi connectivity index (χ0v) is 11.0. The van der Waals surface area contributed by atoms with Gasteiger partial charge in [-0.3, -0.25) is 4.90 Å². The Morgan fingerprint density at radius 2 is 2.33 bits per heavy atom. The predicted molar refractivity (Wildman–Crippen MR) is 73.6 cm³/mol. The standard InChI is InChI=1S/C14H20N4/c1-10-4-3-5-12-14(10)17-13(16-12)9-18-7-6-15-11(2)8-18/h3-5,11,15H,6-9H2,1-2H3,(H,16,17). The van der Waals surface area contributed by atoms with Crippen LogP contribution in [0.1, 0.15) is 18.3 Å². The fraction of sp³-hybridized carbons (Fsp3) is 0.500. The van der Waals surface area contributed by atoms with E-state index in [1.807, 2.05) is 0 Å². The molecule has 0 spiro atoms. The number of rotatable bonds is 2. The van der Waals surface area contributed by atoms with Crippen molar-refractivity contribution in [2.75, 3.05) is 19.6 Å². The molecule has 1 aliphatic rings. The average molecular weight is 244 g/mol. The second kappa shape index (κ2) is 4.71. The zero-order valence-electron chi connectivity index (χ0n) is 11.0. The highest BCUT2D eigenvalue weighted by Crippen LogP contribution is 2.16. The van der Waals surface area contributed by atoms with E-state index in [0.29, 0.717) is 6.04 Å². The minimum atomic E-state index is 0.574. The van der Waals surface area contributed by atoms with E-state index in [1.54, 1.807) is 0 Å². The molecule has 0 saturated carbocycles. The number of nitrogens with one attached hydrogen (secondary N) is 2. The number of imidazole rings is 1. The topological polar surface area (TPSA) is 44.0 Å². The van der Waals surface area contributed by atoms with Crippen molar-refractivity contribution < 1.29 is 0 Å². The lowest BCUT2D eigenvalue weighted by molar-refractivity contribution is 0.196. The van der Waals surface area contributed by atoms with Crippen LogP contribution >= 0.6 is 0 Å². The maximum Gasteiger partial charge on any atom is 0.121 e. The van der Waals surface area contributed by atoms with E-state index in [0.717, 1.165) is 43.0 Å². The number of nitrogens with zero attached hydrogens (tertiary/aromatic N) is 2. The number of H-pyrrole nitrogens is 1. The molecular weight excluding hydrogens is 224 g/mol. The average Bonchev–Trinajstić information content (AvgIpc) is 2.73. The molecule has 1 saturated heterocycles. The molecule has 3 rings (SSSR count). The lowest BCUT2D eigenvalue weighted by Gasteiger charge is -2.31. The first kappa shape index (κ1) is 11.7. The summed E-state index contributed by atoms with van der Waals surface area (Å²) in [5, 5.41) is 3.46. The lowest BCUT2D eigenvalue weighted by Crippen LogP contribution is -2.48. The number of aryl methyl sites for hydroxylation is 1. The molecule has 1 aliphatic heterocycles. The molecule has 1 aromatic heterocycles. The Morgan fingerprint density at radius 1 is 1.44 bits per heavy atom. The van der Waals surface area contributed by atoms with Crippen LogP contribution in [0.4, 0.5) is 0 Å². The van der Waals surface area contributed by atoms with Gasteiger partial charge in [-0.1, -0.05) is 12.1 Å². The van der Waals surface area contributed by atoms with Crippen molar-refractivity contribution in [1.29, 1.82) is 0 Å². The number of aromatic amines is 1. The maximum absolute atomic E-state index is 4.71. The van der Waals surface area contributed by atoms with Gasteiger partial charge in [0.25, 0.3) is 0 Å². The molecular formula is C14H20N4. The van der Waals surface area contributed by atoms with Gasteiger partial charge in [0, 0.05) is 25.7 Å². The van der Waals surface area contributed by atoms with Crippen molar-refractivity contribution >= 4 is 11.0 Å². The van der Waals surface area contributed by atoms with Crippen LogP contribution in [-0.2, 0) is 6.54 Å². The Bertz CT molecular complexity index is 546. The van der Waals surface area contributed by atoms with Gasteiger partial charge >= 0.3 is 0 Å². The second-order valence-corrected chi connectivity index (χ2v) is 5.24. The monoisotopic (exact) mass is 244 g/mol. The number of fused-ring (bicyclic) bond motifs is 1. The molecule has 1 fully saturated rings. The molecule has 0 radical (unpaired) electrons. The minimum absolute atomic E-state index is 0.574. The Labute approximate surface area is 107 Å². The number of para-hydroxylation sites is 1. The molecule has 4 heteroatoms. The molecule has 2 aromatic rings. The maximum atomic E-state index is 4.71. The number of aromatic nitrogens is 2. The third-order valence-corrected chi connectivity index (χ3v) is 3.59. The number of benzene rings is 1. The van der Waals surface area contributed by atoms with Crippen molar-refractivity contribution in [3.05, 3.63) is 29.6 Å². The lowest BCUT2D eigenvalue weighted by atomic mass is 10.2. The zero-order chi connectivity index (χ0) is 12.5. The number of hydrogen-bond acceptors (Lipinski definition) is 3. The summed E-state index contributed by atoms with van der Waals surface area (Å²) in [5.74, 6) is 1.08. The van der Waals surface area contributed by atoms with E-state index in [9.17, 15) is 0 Å². The predicted octanol–water partition coefficient (Wildman–Crippen LogP) is 1.67. The van der Waals surface area contributed by atoms with E-state index in [4.69, 9.17) is 4.98 Å².